The molecule has 5 heteroatoms. The maximum absolute atomic E-state index is 10.6. The average molecular weight is 225 g/mol. The Morgan fingerprint density at radius 2 is 2.20 bits per heavy atom. The molecule has 4 nitrogen and oxygen atoms in total. The Bertz CT molecular complexity index is 463. The fourth-order valence-electron chi connectivity index (χ4n) is 1.39. The van der Waals surface area contributed by atoms with Gasteiger partial charge in [-0.25, -0.2) is 4.98 Å². The molecule has 1 aromatic rings. The third-order valence-corrected chi connectivity index (χ3v) is 2.45. The van der Waals surface area contributed by atoms with E-state index in [1.165, 1.54) is 0 Å². The first-order valence-electron chi connectivity index (χ1n) is 4.24. The molecule has 0 atom stereocenters. The summed E-state index contributed by atoms with van der Waals surface area (Å²) in [6, 6.07) is 1.92. The quantitative estimate of drug-likeness (QED) is 0.778. The zero-order valence-electron chi connectivity index (χ0n) is 8.33. The molecule has 1 N–H and O–H groups in total. The number of aliphatic carboxylic acids is 1. The van der Waals surface area contributed by atoms with Gasteiger partial charge in [0.05, 0.1) is 12.0 Å². The minimum atomic E-state index is -0.950. The van der Waals surface area contributed by atoms with Crippen LogP contribution in [0.1, 0.15) is 22.4 Å². The highest BCUT2D eigenvalue weighted by atomic mass is 35.5. The van der Waals surface area contributed by atoms with Crippen molar-refractivity contribution in [3.63, 3.8) is 0 Å². The van der Waals surface area contributed by atoms with E-state index in [0.29, 0.717) is 16.8 Å². The van der Waals surface area contributed by atoms with Crippen LogP contribution in [0.25, 0.3) is 0 Å². The lowest BCUT2D eigenvalue weighted by Gasteiger charge is -2.09. The van der Waals surface area contributed by atoms with Gasteiger partial charge in [0.25, 0.3) is 0 Å². The van der Waals surface area contributed by atoms with Gasteiger partial charge in [-0.1, -0.05) is 11.6 Å². The van der Waals surface area contributed by atoms with E-state index < -0.39 is 5.97 Å². The van der Waals surface area contributed by atoms with E-state index in [-0.39, 0.29) is 17.1 Å². The van der Waals surface area contributed by atoms with Crippen molar-refractivity contribution in [1.29, 1.82) is 5.26 Å². The van der Waals surface area contributed by atoms with Crippen LogP contribution in [-0.4, -0.2) is 16.1 Å². The molecule has 15 heavy (non-hydrogen) atoms. The summed E-state index contributed by atoms with van der Waals surface area (Å²) in [5, 5.41) is 17.7. The number of hydrogen-bond donors (Lipinski definition) is 1. The molecular formula is C10H9ClN2O2. The molecule has 1 aromatic heterocycles. The second-order valence-electron chi connectivity index (χ2n) is 3.15. The number of carboxylic acid groups (broad SMARTS) is 1. The summed E-state index contributed by atoms with van der Waals surface area (Å²) < 4.78 is 0. The van der Waals surface area contributed by atoms with E-state index in [1.54, 1.807) is 13.8 Å². The topological polar surface area (TPSA) is 74.0 Å². The van der Waals surface area contributed by atoms with Crippen molar-refractivity contribution in [3.8, 4) is 6.07 Å². The molecule has 0 radical (unpaired) electrons. The van der Waals surface area contributed by atoms with Gasteiger partial charge in [0.15, 0.2) is 0 Å². The van der Waals surface area contributed by atoms with Crippen molar-refractivity contribution in [2.45, 2.75) is 20.3 Å². The molecule has 0 saturated carbocycles. The van der Waals surface area contributed by atoms with Crippen LogP contribution in [0.2, 0.25) is 5.15 Å². The Morgan fingerprint density at radius 3 is 2.67 bits per heavy atom. The lowest BCUT2D eigenvalue weighted by atomic mass is 10.0. The first-order valence-corrected chi connectivity index (χ1v) is 4.62. The highest BCUT2D eigenvalue weighted by Crippen LogP contribution is 2.22. The Labute approximate surface area is 92.1 Å². The third kappa shape index (κ3) is 2.25. The smallest absolute Gasteiger partial charge is 0.307 e. The number of halogens is 1. The van der Waals surface area contributed by atoms with Crippen LogP contribution in [-0.2, 0) is 11.2 Å². The standard InChI is InChI=1S/C10H9ClN2O2/c1-5-7(3-9(14)15)6(2)13-10(11)8(5)4-12/h3H2,1-2H3,(H,14,15). The lowest BCUT2D eigenvalue weighted by Crippen LogP contribution is -2.07. The Balaban J connectivity index is 3.40. The molecule has 0 bridgehead atoms. The van der Waals surface area contributed by atoms with Gasteiger partial charge < -0.3 is 5.11 Å². The van der Waals surface area contributed by atoms with Crippen LogP contribution in [0.5, 0.6) is 0 Å². The van der Waals surface area contributed by atoms with Crippen molar-refractivity contribution in [2.75, 3.05) is 0 Å². The fraction of sp³-hybridized carbons (Fsp3) is 0.300. The van der Waals surface area contributed by atoms with Crippen molar-refractivity contribution in [2.24, 2.45) is 0 Å². The maximum atomic E-state index is 10.6. The van der Waals surface area contributed by atoms with E-state index in [0.717, 1.165) is 0 Å². The molecule has 0 aliphatic rings. The molecule has 1 rings (SSSR count). The number of nitrogens with zero attached hydrogens (tertiary/aromatic N) is 2. The van der Waals surface area contributed by atoms with Crippen molar-refractivity contribution in [1.82, 2.24) is 4.98 Å². The minimum Gasteiger partial charge on any atom is -0.481 e. The number of aryl methyl sites for hydroxylation is 1. The molecule has 0 aliphatic heterocycles. The van der Waals surface area contributed by atoms with Crippen molar-refractivity contribution < 1.29 is 9.90 Å². The number of pyridine rings is 1. The van der Waals surface area contributed by atoms with Gasteiger partial charge in [-0.15, -0.1) is 0 Å². The largest absolute Gasteiger partial charge is 0.481 e. The minimum absolute atomic E-state index is 0.127. The number of nitriles is 1. The van der Waals surface area contributed by atoms with Gasteiger partial charge in [0.1, 0.15) is 11.2 Å². The summed E-state index contributed by atoms with van der Waals surface area (Å²) in [5.74, 6) is -0.950. The van der Waals surface area contributed by atoms with Gasteiger partial charge in [-0.2, -0.15) is 5.26 Å². The Morgan fingerprint density at radius 1 is 1.60 bits per heavy atom. The number of rotatable bonds is 2. The van der Waals surface area contributed by atoms with E-state index >= 15 is 0 Å². The summed E-state index contributed by atoms with van der Waals surface area (Å²) in [6.07, 6.45) is -0.142. The van der Waals surface area contributed by atoms with Gasteiger partial charge in [-0.05, 0) is 25.0 Å². The monoisotopic (exact) mass is 224 g/mol. The average Bonchev–Trinajstić information content (AvgIpc) is 2.12. The van der Waals surface area contributed by atoms with E-state index in [9.17, 15) is 4.79 Å². The summed E-state index contributed by atoms with van der Waals surface area (Å²) >= 11 is 5.76. The first-order chi connectivity index (χ1) is 6.97. The molecule has 0 unspecified atom stereocenters. The van der Waals surface area contributed by atoms with Crippen LogP contribution >= 0.6 is 11.6 Å². The summed E-state index contributed by atoms with van der Waals surface area (Å²) in [6.45, 7) is 3.36. The van der Waals surface area contributed by atoms with Crippen LogP contribution in [0.15, 0.2) is 0 Å². The second kappa shape index (κ2) is 4.28. The summed E-state index contributed by atoms with van der Waals surface area (Å²) in [5.41, 5.74) is 1.96. The molecule has 0 fully saturated rings. The lowest BCUT2D eigenvalue weighted by molar-refractivity contribution is -0.136. The first kappa shape index (κ1) is 11.5. The van der Waals surface area contributed by atoms with Gasteiger partial charge >= 0.3 is 5.97 Å². The molecule has 78 valence electrons. The Hall–Kier alpha value is -1.60. The number of carboxylic acids is 1. The predicted molar refractivity (Wildman–Crippen MR) is 54.8 cm³/mol. The number of aromatic nitrogens is 1. The fourth-order valence-corrected chi connectivity index (χ4v) is 1.70. The van der Waals surface area contributed by atoms with Crippen molar-refractivity contribution >= 4 is 17.6 Å². The predicted octanol–water partition coefficient (Wildman–Crippen LogP) is 1.85. The van der Waals surface area contributed by atoms with Crippen LogP contribution in [0.4, 0.5) is 0 Å². The molecule has 0 aromatic carbocycles. The summed E-state index contributed by atoms with van der Waals surface area (Å²) in [7, 11) is 0. The molecular weight excluding hydrogens is 216 g/mol. The van der Waals surface area contributed by atoms with E-state index in [1.807, 2.05) is 6.07 Å². The Kier molecular flexibility index (Phi) is 3.28. The van der Waals surface area contributed by atoms with E-state index in [4.69, 9.17) is 22.0 Å². The highest BCUT2D eigenvalue weighted by molar-refractivity contribution is 6.30. The zero-order valence-corrected chi connectivity index (χ0v) is 9.09. The van der Waals surface area contributed by atoms with Crippen LogP contribution < -0.4 is 0 Å². The number of hydrogen-bond acceptors (Lipinski definition) is 3. The summed E-state index contributed by atoms with van der Waals surface area (Å²) in [4.78, 5) is 14.6. The van der Waals surface area contributed by atoms with Gasteiger partial charge in [0.2, 0.25) is 0 Å². The zero-order chi connectivity index (χ0) is 11.6. The highest BCUT2D eigenvalue weighted by Gasteiger charge is 2.15. The molecule has 0 saturated heterocycles. The third-order valence-electron chi connectivity index (χ3n) is 2.18. The molecule has 1 heterocycles. The van der Waals surface area contributed by atoms with Crippen LogP contribution in [0.3, 0.4) is 0 Å². The molecule has 0 aliphatic carbocycles. The second-order valence-corrected chi connectivity index (χ2v) is 3.51. The van der Waals surface area contributed by atoms with Gasteiger partial charge in [-0.3, -0.25) is 4.79 Å². The van der Waals surface area contributed by atoms with Crippen LogP contribution in [0, 0.1) is 25.2 Å². The normalized spacial score (nSPS) is 9.73. The SMILES string of the molecule is Cc1nc(Cl)c(C#N)c(C)c1CC(=O)O. The maximum Gasteiger partial charge on any atom is 0.307 e. The van der Waals surface area contributed by atoms with E-state index in [2.05, 4.69) is 4.98 Å². The molecule has 0 spiro atoms. The van der Waals surface area contributed by atoms with Gasteiger partial charge in [0, 0.05) is 5.69 Å². The number of carbonyl (C=O) groups is 1. The molecule has 0 amide bonds. The van der Waals surface area contributed by atoms with Crippen molar-refractivity contribution in [3.05, 3.63) is 27.5 Å².